The van der Waals surface area contributed by atoms with Crippen molar-refractivity contribution in [3.8, 4) is 5.75 Å². The molecule has 0 aliphatic carbocycles. The topological polar surface area (TPSA) is 114 Å². The van der Waals surface area contributed by atoms with Crippen LogP contribution < -0.4 is 15.0 Å². The number of ether oxygens (including phenoxy) is 2. The van der Waals surface area contributed by atoms with Crippen LogP contribution >= 0.6 is 28.1 Å². The molecule has 10 nitrogen and oxygen atoms in total. The lowest BCUT2D eigenvalue weighted by Gasteiger charge is -2.37. The second-order valence-corrected chi connectivity index (χ2v) is 8.50. The summed E-state index contributed by atoms with van der Waals surface area (Å²) >= 11 is 8.76. The molecule has 1 aliphatic rings. The van der Waals surface area contributed by atoms with Crippen LogP contribution in [0, 0.1) is 10.1 Å². The maximum atomic E-state index is 12.6. The number of nitro benzene ring substituents is 1. The summed E-state index contributed by atoms with van der Waals surface area (Å²) in [6, 6.07) is 9.27. The first kappa shape index (κ1) is 25.4. The molecule has 0 unspecified atom stereocenters. The van der Waals surface area contributed by atoms with Gasteiger partial charge in [-0.2, -0.15) is 0 Å². The third-order valence-electron chi connectivity index (χ3n) is 5.23. The molecular formula is C22H23BrN4O6S. The Morgan fingerprint density at radius 3 is 2.41 bits per heavy atom. The minimum absolute atomic E-state index is 0.130. The summed E-state index contributed by atoms with van der Waals surface area (Å²) in [6.45, 7) is 3.67. The fourth-order valence-electron chi connectivity index (χ4n) is 3.48. The molecule has 180 valence electrons. The molecule has 34 heavy (non-hydrogen) atoms. The van der Waals surface area contributed by atoms with E-state index in [1.165, 1.54) is 19.2 Å². The average molecular weight is 551 g/mol. The van der Waals surface area contributed by atoms with Gasteiger partial charge in [-0.05, 0) is 65.4 Å². The van der Waals surface area contributed by atoms with Crippen LogP contribution in [0.25, 0.3) is 0 Å². The summed E-state index contributed by atoms with van der Waals surface area (Å²) in [5.41, 5.74) is 0.798. The van der Waals surface area contributed by atoms with Crippen molar-refractivity contribution < 1.29 is 24.0 Å². The SMILES string of the molecule is CCOC(=O)c1ccc(N2CCN(C(=S)NC(=O)c3ccc(OC)c(Br)c3)CC2)c([N+](=O)[O-])c1. The summed E-state index contributed by atoms with van der Waals surface area (Å²) in [5, 5.41) is 14.6. The normalized spacial score (nSPS) is 13.3. The number of esters is 1. The highest BCUT2D eigenvalue weighted by Gasteiger charge is 2.26. The number of piperazine rings is 1. The quantitative estimate of drug-likeness (QED) is 0.250. The van der Waals surface area contributed by atoms with Gasteiger partial charge < -0.3 is 19.3 Å². The largest absolute Gasteiger partial charge is 0.496 e. The number of amides is 1. The number of nitrogens with zero attached hydrogens (tertiary/aromatic N) is 3. The van der Waals surface area contributed by atoms with Crippen LogP contribution in [0.2, 0.25) is 0 Å². The molecule has 1 amide bonds. The number of carbonyl (C=O) groups excluding carboxylic acids is 2. The molecule has 1 N–H and O–H groups in total. The van der Waals surface area contributed by atoms with Crippen molar-refractivity contribution in [2.24, 2.45) is 0 Å². The van der Waals surface area contributed by atoms with E-state index in [-0.39, 0.29) is 28.9 Å². The van der Waals surface area contributed by atoms with E-state index in [1.807, 2.05) is 9.80 Å². The molecule has 0 spiro atoms. The second kappa shape index (κ2) is 11.3. The molecule has 1 aliphatic heterocycles. The molecular weight excluding hydrogens is 528 g/mol. The van der Waals surface area contributed by atoms with E-state index in [2.05, 4.69) is 21.2 Å². The van der Waals surface area contributed by atoms with Crippen molar-refractivity contribution in [2.75, 3.05) is 44.8 Å². The standard InChI is InChI=1S/C22H23BrN4O6S/c1-3-33-21(29)15-4-6-17(18(13-15)27(30)31)25-8-10-26(11-9-25)22(34)24-20(28)14-5-7-19(32-2)16(23)12-14/h4-7,12-13H,3,8-11H2,1-2H3,(H,24,28,34). The van der Waals surface area contributed by atoms with Gasteiger partial charge in [-0.1, -0.05) is 0 Å². The molecule has 2 aromatic rings. The maximum Gasteiger partial charge on any atom is 0.338 e. The zero-order valence-electron chi connectivity index (χ0n) is 18.6. The predicted molar refractivity (Wildman–Crippen MR) is 134 cm³/mol. The molecule has 0 atom stereocenters. The number of anilines is 1. The first-order chi connectivity index (χ1) is 16.2. The summed E-state index contributed by atoms with van der Waals surface area (Å²) < 4.78 is 10.8. The fourth-order valence-corrected chi connectivity index (χ4v) is 4.30. The number of nitrogens with one attached hydrogen (secondary N) is 1. The van der Waals surface area contributed by atoms with E-state index in [4.69, 9.17) is 21.7 Å². The lowest BCUT2D eigenvalue weighted by molar-refractivity contribution is -0.384. The van der Waals surface area contributed by atoms with Crippen LogP contribution in [-0.4, -0.2) is 66.7 Å². The number of hydrogen-bond acceptors (Lipinski definition) is 8. The summed E-state index contributed by atoms with van der Waals surface area (Å²) in [7, 11) is 1.54. The number of halogens is 1. The van der Waals surface area contributed by atoms with Gasteiger partial charge in [0.1, 0.15) is 11.4 Å². The number of carbonyl (C=O) groups is 2. The van der Waals surface area contributed by atoms with Crippen LogP contribution in [0.15, 0.2) is 40.9 Å². The van der Waals surface area contributed by atoms with Gasteiger partial charge in [0.2, 0.25) is 0 Å². The number of methoxy groups -OCH3 is 1. The van der Waals surface area contributed by atoms with Gasteiger partial charge in [-0.25, -0.2) is 4.79 Å². The van der Waals surface area contributed by atoms with Crippen molar-refractivity contribution in [1.82, 2.24) is 10.2 Å². The smallest absolute Gasteiger partial charge is 0.338 e. The van der Waals surface area contributed by atoms with Crippen molar-refractivity contribution in [3.05, 3.63) is 62.1 Å². The number of benzene rings is 2. The summed E-state index contributed by atoms with van der Waals surface area (Å²) in [5.74, 6) is -0.340. The molecule has 1 fully saturated rings. The third-order valence-corrected chi connectivity index (χ3v) is 6.21. The van der Waals surface area contributed by atoms with Gasteiger partial charge in [-0.3, -0.25) is 20.2 Å². The zero-order chi connectivity index (χ0) is 24.8. The lowest BCUT2D eigenvalue weighted by Crippen LogP contribution is -2.52. The number of rotatable bonds is 6. The minimum atomic E-state index is -0.605. The monoisotopic (exact) mass is 550 g/mol. The highest BCUT2D eigenvalue weighted by Crippen LogP contribution is 2.30. The average Bonchev–Trinajstić information content (AvgIpc) is 2.83. The first-order valence-corrected chi connectivity index (χ1v) is 11.6. The Kier molecular flexibility index (Phi) is 8.40. The Hall–Kier alpha value is -3.25. The van der Waals surface area contributed by atoms with Crippen LogP contribution in [0.4, 0.5) is 11.4 Å². The number of hydrogen-bond donors (Lipinski definition) is 1. The molecule has 2 aromatic carbocycles. The molecule has 1 saturated heterocycles. The Balaban J connectivity index is 1.64. The van der Waals surface area contributed by atoms with E-state index in [0.717, 1.165) is 0 Å². The molecule has 3 rings (SSSR count). The Morgan fingerprint density at radius 1 is 1.15 bits per heavy atom. The molecule has 0 radical (unpaired) electrons. The van der Waals surface area contributed by atoms with Crippen molar-refractivity contribution in [1.29, 1.82) is 0 Å². The minimum Gasteiger partial charge on any atom is -0.496 e. The molecule has 12 heteroatoms. The van der Waals surface area contributed by atoms with E-state index < -0.39 is 10.9 Å². The van der Waals surface area contributed by atoms with Crippen LogP contribution in [0.1, 0.15) is 27.6 Å². The van der Waals surface area contributed by atoms with E-state index >= 15 is 0 Å². The fraction of sp³-hybridized carbons (Fsp3) is 0.318. The van der Waals surface area contributed by atoms with Gasteiger partial charge in [0, 0.05) is 37.8 Å². The number of thiocarbonyl (C=S) groups is 1. The molecule has 0 bridgehead atoms. The Labute approximate surface area is 210 Å². The number of nitro groups is 1. The first-order valence-electron chi connectivity index (χ1n) is 10.4. The lowest BCUT2D eigenvalue weighted by atomic mass is 10.1. The van der Waals surface area contributed by atoms with Crippen molar-refractivity contribution in [3.63, 3.8) is 0 Å². The summed E-state index contributed by atoms with van der Waals surface area (Å²) in [4.78, 5) is 39.3. The zero-order valence-corrected chi connectivity index (χ0v) is 21.0. The molecule has 0 aromatic heterocycles. The van der Waals surface area contributed by atoms with Gasteiger partial charge in [0.25, 0.3) is 11.6 Å². The van der Waals surface area contributed by atoms with Crippen molar-refractivity contribution >= 4 is 56.5 Å². The highest BCUT2D eigenvalue weighted by atomic mass is 79.9. The van der Waals surface area contributed by atoms with E-state index in [0.29, 0.717) is 47.7 Å². The third kappa shape index (κ3) is 5.81. The van der Waals surface area contributed by atoms with Gasteiger partial charge in [0.05, 0.1) is 28.7 Å². The Morgan fingerprint density at radius 2 is 1.82 bits per heavy atom. The predicted octanol–water partition coefficient (Wildman–Crippen LogP) is 3.38. The van der Waals surface area contributed by atoms with Gasteiger partial charge in [-0.15, -0.1) is 0 Å². The van der Waals surface area contributed by atoms with Crippen LogP contribution in [-0.2, 0) is 4.74 Å². The van der Waals surface area contributed by atoms with Crippen LogP contribution in [0.3, 0.4) is 0 Å². The molecule has 0 saturated carbocycles. The van der Waals surface area contributed by atoms with Crippen molar-refractivity contribution in [2.45, 2.75) is 6.92 Å². The maximum absolute atomic E-state index is 12.6. The van der Waals surface area contributed by atoms with Crippen LogP contribution in [0.5, 0.6) is 5.75 Å². The Bertz CT molecular complexity index is 1120. The molecule has 1 heterocycles. The van der Waals surface area contributed by atoms with Gasteiger partial charge in [0.15, 0.2) is 5.11 Å². The van der Waals surface area contributed by atoms with E-state index in [1.54, 1.807) is 31.2 Å². The second-order valence-electron chi connectivity index (χ2n) is 7.26. The van der Waals surface area contributed by atoms with Gasteiger partial charge >= 0.3 is 5.97 Å². The highest BCUT2D eigenvalue weighted by molar-refractivity contribution is 9.10. The summed E-state index contributed by atoms with van der Waals surface area (Å²) in [6.07, 6.45) is 0. The van der Waals surface area contributed by atoms with E-state index in [9.17, 15) is 19.7 Å².